The predicted octanol–water partition coefficient (Wildman–Crippen LogP) is 2.56. The third kappa shape index (κ3) is 2.37. The molecule has 0 amide bonds. The summed E-state index contributed by atoms with van der Waals surface area (Å²) in [4.78, 5) is 17.0. The molecule has 0 aliphatic rings. The topological polar surface area (TPSA) is 95.6 Å². The summed E-state index contributed by atoms with van der Waals surface area (Å²) in [7, 11) is 0. The van der Waals surface area contributed by atoms with Gasteiger partial charge in [0, 0.05) is 5.56 Å². The molecule has 0 fully saturated rings. The van der Waals surface area contributed by atoms with Crippen LogP contribution in [0.25, 0.3) is 22.7 Å². The number of hydrogen-bond acceptors (Lipinski definition) is 6. The van der Waals surface area contributed by atoms with Gasteiger partial charge in [0.1, 0.15) is 17.6 Å². The Bertz CT molecular complexity index is 1040. The van der Waals surface area contributed by atoms with Crippen LogP contribution >= 0.6 is 0 Å². The van der Waals surface area contributed by atoms with Crippen LogP contribution in [0.4, 0.5) is 10.3 Å². The van der Waals surface area contributed by atoms with Gasteiger partial charge in [-0.25, -0.2) is 19.3 Å². The van der Waals surface area contributed by atoms with Gasteiger partial charge in [-0.3, -0.25) is 0 Å². The number of aromatic nitrogens is 5. The summed E-state index contributed by atoms with van der Waals surface area (Å²) in [5.41, 5.74) is 8.48. The van der Waals surface area contributed by atoms with E-state index in [0.29, 0.717) is 28.3 Å². The highest BCUT2D eigenvalue weighted by Gasteiger charge is 2.18. The Hall–Kier alpha value is -3.29. The van der Waals surface area contributed by atoms with Gasteiger partial charge < -0.3 is 14.7 Å². The molecule has 4 aromatic rings. The Morgan fingerprint density at radius 2 is 2.04 bits per heavy atom. The molecular weight excluding hydrogens is 311 g/mol. The smallest absolute Gasteiger partial charge is 0.247 e. The van der Waals surface area contributed by atoms with Gasteiger partial charge in [0.15, 0.2) is 11.3 Å². The molecule has 0 spiro atoms. The first-order chi connectivity index (χ1) is 11.6. The molecule has 3 aromatic heterocycles. The second-order valence-electron chi connectivity index (χ2n) is 5.36. The van der Waals surface area contributed by atoms with E-state index in [1.54, 1.807) is 29.1 Å². The molecule has 0 aliphatic carbocycles. The lowest BCUT2D eigenvalue weighted by Crippen LogP contribution is -2.04. The van der Waals surface area contributed by atoms with Crippen LogP contribution in [-0.2, 0) is 6.54 Å². The molecule has 7 nitrogen and oxygen atoms in total. The molecule has 0 aliphatic heterocycles. The first kappa shape index (κ1) is 14.3. The fraction of sp³-hybridized carbons (Fsp3) is 0.125. The van der Waals surface area contributed by atoms with E-state index < -0.39 is 0 Å². The fourth-order valence-corrected chi connectivity index (χ4v) is 2.50. The summed E-state index contributed by atoms with van der Waals surface area (Å²) in [5.74, 6) is 0.108. The Kier molecular flexibility index (Phi) is 3.23. The van der Waals surface area contributed by atoms with Crippen molar-refractivity contribution in [2.45, 2.75) is 13.5 Å². The van der Waals surface area contributed by atoms with Crippen LogP contribution in [0.3, 0.4) is 0 Å². The zero-order chi connectivity index (χ0) is 16.7. The van der Waals surface area contributed by atoms with Gasteiger partial charge in [0.2, 0.25) is 11.8 Å². The lowest BCUT2D eigenvalue weighted by molar-refractivity contribution is 0.571. The van der Waals surface area contributed by atoms with Gasteiger partial charge in [-0.2, -0.15) is 4.98 Å². The molecule has 0 unspecified atom stereocenters. The lowest BCUT2D eigenvalue weighted by Gasteiger charge is -2.06. The standard InChI is InChI=1S/C16H13FN6O/c1-9-7-24-15(20-9)13-12-14(22-16(18)21-13)23(8-19-12)6-10-4-2-3-5-11(10)17/h2-5,7-8H,6H2,1H3,(H2,18,21,22). The highest BCUT2D eigenvalue weighted by atomic mass is 19.1. The number of nitrogens with zero attached hydrogens (tertiary/aromatic N) is 5. The highest BCUT2D eigenvalue weighted by Crippen LogP contribution is 2.25. The maximum absolute atomic E-state index is 13.9. The van der Waals surface area contributed by atoms with E-state index in [4.69, 9.17) is 10.2 Å². The lowest BCUT2D eigenvalue weighted by atomic mass is 10.2. The van der Waals surface area contributed by atoms with E-state index in [-0.39, 0.29) is 18.3 Å². The van der Waals surface area contributed by atoms with Crippen molar-refractivity contribution in [2.75, 3.05) is 5.73 Å². The second-order valence-corrected chi connectivity index (χ2v) is 5.36. The molecule has 0 radical (unpaired) electrons. The van der Waals surface area contributed by atoms with Gasteiger partial charge in [0.05, 0.1) is 18.6 Å². The van der Waals surface area contributed by atoms with Crippen molar-refractivity contribution in [3.8, 4) is 11.6 Å². The number of fused-ring (bicyclic) bond motifs is 1. The van der Waals surface area contributed by atoms with Crippen LogP contribution < -0.4 is 5.73 Å². The summed E-state index contributed by atoms with van der Waals surface area (Å²) in [5, 5.41) is 0. The Labute approximate surface area is 136 Å². The molecular formula is C16H13FN6O. The van der Waals surface area contributed by atoms with E-state index in [0.717, 1.165) is 5.69 Å². The Morgan fingerprint density at radius 1 is 1.21 bits per heavy atom. The second kappa shape index (κ2) is 5.41. The highest BCUT2D eigenvalue weighted by molar-refractivity contribution is 5.85. The minimum atomic E-state index is -0.287. The molecule has 2 N–H and O–H groups in total. The number of hydrogen-bond donors (Lipinski definition) is 1. The number of benzene rings is 1. The van der Waals surface area contributed by atoms with Crippen LogP contribution in [0.1, 0.15) is 11.3 Å². The van der Waals surface area contributed by atoms with Crippen molar-refractivity contribution in [2.24, 2.45) is 0 Å². The van der Waals surface area contributed by atoms with Crippen molar-refractivity contribution in [1.29, 1.82) is 0 Å². The molecule has 3 heterocycles. The number of oxazole rings is 1. The van der Waals surface area contributed by atoms with Crippen molar-refractivity contribution in [1.82, 2.24) is 24.5 Å². The maximum atomic E-state index is 13.9. The molecule has 0 saturated carbocycles. The molecule has 0 bridgehead atoms. The summed E-state index contributed by atoms with van der Waals surface area (Å²) >= 11 is 0. The fourth-order valence-electron chi connectivity index (χ4n) is 2.50. The Balaban J connectivity index is 1.85. The van der Waals surface area contributed by atoms with E-state index in [1.165, 1.54) is 12.3 Å². The number of nitrogens with two attached hydrogens (primary N) is 1. The van der Waals surface area contributed by atoms with Gasteiger partial charge in [-0.1, -0.05) is 18.2 Å². The average molecular weight is 324 g/mol. The van der Waals surface area contributed by atoms with Crippen LogP contribution in [0, 0.1) is 12.7 Å². The van der Waals surface area contributed by atoms with Crippen LogP contribution in [0.5, 0.6) is 0 Å². The van der Waals surface area contributed by atoms with Gasteiger partial charge in [-0.15, -0.1) is 0 Å². The van der Waals surface area contributed by atoms with Crippen molar-refractivity contribution < 1.29 is 8.81 Å². The van der Waals surface area contributed by atoms with Gasteiger partial charge >= 0.3 is 0 Å². The van der Waals surface area contributed by atoms with E-state index in [1.807, 2.05) is 6.92 Å². The number of anilines is 1. The minimum Gasteiger partial charge on any atom is -0.443 e. The summed E-state index contributed by atoms with van der Waals surface area (Å²) in [6.07, 6.45) is 3.10. The first-order valence-corrected chi connectivity index (χ1v) is 7.26. The summed E-state index contributed by atoms with van der Waals surface area (Å²) in [6.45, 7) is 2.09. The number of imidazole rings is 1. The number of nitrogen functional groups attached to an aromatic ring is 1. The molecule has 8 heteroatoms. The molecule has 24 heavy (non-hydrogen) atoms. The predicted molar refractivity (Wildman–Crippen MR) is 85.5 cm³/mol. The average Bonchev–Trinajstić information content (AvgIpc) is 3.16. The van der Waals surface area contributed by atoms with Crippen molar-refractivity contribution in [3.05, 3.63) is 53.9 Å². The van der Waals surface area contributed by atoms with E-state index in [9.17, 15) is 4.39 Å². The molecule has 0 saturated heterocycles. The van der Waals surface area contributed by atoms with Crippen LogP contribution in [0.2, 0.25) is 0 Å². The third-order valence-corrected chi connectivity index (χ3v) is 3.60. The molecule has 4 rings (SSSR count). The van der Waals surface area contributed by atoms with Gasteiger partial charge in [0.25, 0.3) is 0 Å². The largest absolute Gasteiger partial charge is 0.443 e. The maximum Gasteiger partial charge on any atom is 0.247 e. The number of halogens is 1. The monoisotopic (exact) mass is 324 g/mol. The molecule has 120 valence electrons. The molecule has 0 atom stereocenters. The third-order valence-electron chi connectivity index (χ3n) is 3.60. The summed E-state index contributed by atoms with van der Waals surface area (Å²) < 4.78 is 21.0. The van der Waals surface area contributed by atoms with Crippen LogP contribution in [0.15, 0.2) is 41.3 Å². The van der Waals surface area contributed by atoms with Crippen molar-refractivity contribution in [3.63, 3.8) is 0 Å². The number of rotatable bonds is 3. The zero-order valence-corrected chi connectivity index (χ0v) is 12.8. The minimum absolute atomic E-state index is 0.0728. The van der Waals surface area contributed by atoms with Crippen LogP contribution in [-0.4, -0.2) is 24.5 Å². The van der Waals surface area contributed by atoms with E-state index in [2.05, 4.69) is 19.9 Å². The van der Waals surface area contributed by atoms with E-state index >= 15 is 0 Å². The normalized spacial score (nSPS) is 11.2. The number of aryl methyl sites for hydroxylation is 1. The molecule has 1 aromatic carbocycles. The van der Waals surface area contributed by atoms with Crippen molar-refractivity contribution >= 4 is 17.1 Å². The SMILES string of the molecule is Cc1coc(-c2nc(N)nc3c2ncn3Cc2ccccc2F)n1. The quantitative estimate of drug-likeness (QED) is 0.622. The zero-order valence-electron chi connectivity index (χ0n) is 12.8. The summed E-state index contributed by atoms with van der Waals surface area (Å²) in [6, 6.07) is 6.55. The Morgan fingerprint density at radius 3 is 2.79 bits per heavy atom. The van der Waals surface area contributed by atoms with Gasteiger partial charge in [-0.05, 0) is 13.0 Å². The first-order valence-electron chi connectivity index (χ1n) is 7.26.